The average Bonchev–Trinajstić information content (AvgIpc) is 2.89. The van der Waals surface area contributed by atoms with Gasteiger partial charge in [0.15, 0.2) is 11.0 Å². The Kier molecular flexibility index (Phi) is 3.55. The summed E-state index contributed by atoms with van der Waals surface area (Å²) in [6, 6.07) is 3.62. The van der Waals surface area contributed by atoms with Crippen LogP contribution in [-0.2, 0) is 5.75 Å². The Morgan fingerprint density at radius 3 is 3.12 bits per heavy atom. The van der Waals surface area contributed by atoms with E-state index in [1.54, 1.807) is 12.3 Å². The molecular weight excluding hydrogens is 240 g/mol. The molecule has 0 aromatic carbocycles. The van der Waals surface area contributed by atoms with Crippen LogP contribution in [0.3, 0.4) is 0 Å². The highest BCUT2D eigenvalue weighted by molar-refractivity contribution is 7.98. The minimum Gasteiger partial charge on any atom is -0.409 e. The molecule has 0 spiro atoms. The van der Waals surface area contributed by atoms with E-state index < -0.39 is 0 Å². The predicted molar refractivity (Wildman–Crippen MR) is 62.7 cm³/mol. The molecule has 8 heteroatoms. The number of nitrogens with zero attached hydrogens (tertiary/aromatic N) is 4. The van der Waals surface area contributed by atoms with Crippen LogP contribution in [0.2, 0.25) is 0 Å². The van der Waals surface area contributed by atoms with Crippen molar-refractivity contribution in [3.8, 4) is 0 Å². The van der Waals surface area contributed by atoms with Crippen LogP contribution >= 0.6 is 11.8 Å². The molecule has 2 rings (SSSR count). The van der Waals surface area contributed by atoms with Crippen LogP contribution in [0.25, 0.3) is 0 Å². The molecule has 0 fully saturated rings. The van der Waals surface area contributed by atoms with Gasteiger partial charge in [-0.3, -0.25) is 10.1 Å². The molecule has 0 bridgehead atoms. The Bertz CT molecular complexity index is 512. The summed E-state index contributed by atoms with van der Waals surface area (Å²) in [6.45, 7) is 0. The van der Waals surface area contributed by atoms with Crippen molar-refractivity contribution in [1.29, 1.82) is 0 Å². The Labute approximate surface area is 101 Å². The number of thioether (sulfide) groups is 1. The molecule has 4 N–H and O–H groups in total. The number of nitrogens with one attached hydrogen (secondary N) is 1. The number of aromatic amines is 1. The van der Waals surface area contributed by atoms with Crippen molar-refractivity contribution in [2.45, 2.75) is 10.9 Å². The van der Waals surface area contributed by atoms with Crippen LogP contribution in [-0.4, -0.2) is 31.2 Å². The van der Waals surface area contributed by atoms with Gasteiger partial charge in [-0.05, 0) is 17.7 Å². The summed E-state index contributed by atoms with van der Waals surface area (Å²) < 4.78 is 0. The van der Waals surface area contributed by atoms with Gasteiger partial charge in [-0.2, -0.15) is 5.10 Å². The topological polar surface area (TPSA) is 113 Å². The maximum absolute atomic E-state index is 8.55. The molecule has 2 heterocycles. The Morgan fingerprint density at radius 2 is 2.41 bits per heavy atom. The van der Waals surface area contributed by atoms with Crippen molar-refractivity contribution >= 4 is 17.6 Å². The van der Waals surface area contributed by atoms with Gasteiger partial charge in [0.05, 0.1) is 0 Å². The largest absolute Gasteiger partial charge is 0.409 e. The molecule has 0 saturated heterocycles. The second-order valence-electron chi connectivity index (χ2n) is 3.11. The first-order valence-electron chi connectivity index (χ1n) is 4.70. The second kappa shape index (κ2) is 5.30. The summed E-state index contributed by atoms with van der Waals surface area (Å²) in [6.07, 6.45) is 3.07. The molecule has 0 unspecified atom stereocenters. The second-order valence-corrected chi connectivity index (χ2v) is 4.08. The first-order valence-corrected chi connectivity index (χ1v) is 5.69. The maximum Gasteiger partial charge on any atom is 0.188 e. The van der Waals surface area contributed by atoms with Crippen LogP contribution in [0.15, 0.2) is 35.0 Å². The van der Waals surface area contributed by atoms with E-state index in [4.69, 9.17) is 10.9 Å². The highest BCUT2D eigenvalue weighted by atomic mass is 32.2. The number of pyridine rings is 1. The fraction of sp³-hybridized carbons (Fsp3) is 0.111. The lowest BCUT2D eigenvalue weighted by molar-refractivity contribution is 0.318. The highest BCUT2D eigenvalue weighted by Gasteiger charge is 2.03. The van der Waals surface area contributed by atoms with Gasteiger partial charge in [-0.15, -0.1) is 0 Å². The van der Waals surface area contributed by atoms with Crippen LogP contribution in [0.4, 0.5) is 0 Å². The summed E-state index contributed by atoms with van der Waals surface area (Å²) in [5.74, 6) is 0.695. The van der Waals surface area contributed by atoms with E-state index in [0.717, 1.165) is 10.7 Å². The lowest BCUT2D eigenvalue weighted by Gasteiger charge is -2.01. The normalized spacial score (nSPS) is 11.6. The van der Waals surface area contributed by atoms with Crippen LogP contribution in [0.5, 0.6) is 0 Å². The third-order valence-electron chi connectivity index (χ3n) is 1.96. The Hall–Kier alpha value is -2.09. The summed E-state index contributed by atoms with van der Waals surface area (Å²) in [5.41, 5.74) is 6.91. The van der Waals surface area contributed by atoms with Gasteiger partial charge in [0.25, 0.3) is 0 Å². The quantitative estimate of drug-likeness (QED) is 0.240. The predicted octanol–water partition coefficient (Wildman–Crippen LogP) is 0.586. The number of oxime groups is 1. The standard InChI is InChI=1S/C9H10N6OS/c10-8(15-16)7-3-6(1-2-11-7)4-17-9-12-5-13-14-9/h1-3,5,16H,4H2,(H2,10,15)(H,12,13,14). The smallest absolute Gasteiger partial charge is 0.188 e. The summed E-state index contributed by atoms with van der Waals surface area (Å²) in [5, 5.41) is 18.7. The molecule has 17 heavy (non-hydrogen) atoms. The molecule has 7 nitrogen and oxygen atoms in total. The maximum atomic E-state index is 8.55. The van der Waals surface area contributed by atoms with Gasteiger partial charge in [0.1, 0.15) is 12.0 Å². The number of aromatic nitrogens is 4. The van der Waals surface area contributed by atoms with E-state index >= 15 is 0 Å². The van der Waals surface area contributed by atoms with E-state index in [2.05, 4.69) is 25.3 Å². The van der Waals surface area contributed by atoms with Gasteiger partial charge < -0.3 is 10.9 Å². The number of H-pyrrole nitrogens is 1. The summed E-state index contributed by atoms with van der Waals surface area (Å²) in [4.78, 5) is 7.99. The van der Waals surface area contributed by atoms with Crippen LogP contribution in [0.1, 0.15) is 11.3 Å². The van der Waals surface area contributed by atoms with Crippen molar-refractivity contribution in [2.75, 3.05) is 0 Å². The van der Waals surface area contributed by atoms with Crippen molar-refractivity contribution in [2.24, 2.45) is 10.9 Å². The van der Waals surface area contributed by atoms with Crippen molar-refractivity contribution < 1.29 is 5.21 Å². The zero-order valence-electron chi connectivity index (χ0n) is 8.74. The fourth-order valence-electron chi connectivity index (χ4n) is 1.17. The Balaban J connectivity index is 2.06. The zero-order chi connectivity index (χ0) is 12.1. The first kappa shape index (κ1) is 11.4. The number of amidine groups is 1. The van der Waals surface area contributed by atoms with Crippen LogP contribution < -0.4 is 5.73 Å². The molecule has 2 aromatic heterocycles. The van der Waals surface area contributed by atoms with Gasteiger partial charge >= 0.3 is 0 Å². The van der Waals surface area contributed by atoms with Gasteiger partial charge in [0.2, 0.25) is 0 Å². The molecule has 0 aliphatic rings. The molecule has 0 saturated carbocycles. The number of hydrogen-bond acceptors (Lipinski definition) is 6. The minimum atomic E-state index is -0.00323. The van der Waals surface area contributed by atoms with E-state index in [0.29, 0.717) is 11.4 Å². The molecule has 0 radical (unpaired) electrons. The van der Waals surface area contributed by atoms with E-state index in [-0.39, 0.29) is 5.84 Å². The van der Waals surface area contributed by atoms with Crippen molar-refractivity contribution in [1.82, 2.24) is 20.2 Å². The number of hydrogen-bond donors (Lipinski definition) is 3. The highest BCUT2D eigenvalue weighted by Crippen LogP contribution is 2.18. The van der Waals surface area contributed by atoms with E-state index in [9.17, 15) is 0 Å². The van der Waals surface area contributed by atoms with E-state index in [1.807, 2.05) is 6.07 Å². The monoisotopic (exact) mass is 250 g/mol. The molecule has 0 atom stereocenters. The molecule has 88 valence electrons. The van der Waals surface area contributed by atoms with E-state index in [1.165, 1.54) is 18.1 Å². The fourth-order valence-corrected chi connectivity index (χ4v) is 1.89. The van der Waals surface area contributed by atoms with Crippen molar-refractivity contribution in [3.05, 3.63) is 35.9 Å². The van der Waals surface area contributed by atoms with Crippen LogP contribution in [0, 0.1) is 0 Å². The summed E-state index contributed by atoms with van der Waals surface area (Å²) in [7, 11) is 0. The Morgan fingerprint density at radius 1 is 1.53 bits per heavy atom. The lowest BCUT2D eigenvalue weighted by atomic mass is 10.2. The minimum absolute atomic E-state index is 0.00323. The number of nitrogens with two attached hydrogens (primary N) is 1. The van der Waals surface area contributed by atoms with Gasteiger partial charge in [-0.25, -0.2) is 4.98 Å². The van der Waals surface area contributed by atoms with Gasteiger partial charge in [0, 0.05) is 11.9 Å². The third-order valence-corrected chi connectivity index (χ3v) is 2.91. The lowest BCUT2D eigenvalue weighted by Crippen LogP contribution is -2.15. The molecule has 0 amide bonds. The SMILES string of the molecule is NC(=NO)c1cc(CSc2ncn[nH]2)ccn1. The van der Waals surface area contributed by atoms with Gasteiger partial charge in [-0.1, -0.05) is 16.9 Å². The summed E-state index contributed by atoms with van der Waals surface area (Å²) >= 11 is 1.51. The molecular formula is C9H10N6OS. The zero-order valence-corrected chi connectivity index (χ0v) is 9.55. The first-order chi connectivity index (χ1) is 8.29. The molecule has 2 aromatic rings. The number of rotatable bonds is 4. The third kappa shape index (κ3) is 2.94. The molecule has 0 aliphatic heterocycles. The van der Waals surface area contributed by atoms with Crippen molar-refractivity contribution in [3.63, 3.8) is 0 Å². The molecule has 0 aliphatic carbocycles. The average molecular weight is 250 g/mol.